The summed E-state index contributed by atoms with van der Waals surface area (Å²) in [5, 5.41) is 10.1. The van der Waals surface area contributed by atoms with Crippen LogP contribution < -0.4 is 0 Å². The second-order valence-electron chi connectivity index (χ2n) is 3.55. The van der Waals surface area contributed by atoms with Crippen molar-refractivity contribution >= 4 is 28.3 Å². The first-order valence-corrected chi connectivity index (χ1v) is 5.17. The van der Waals surface area contributed by atoms with E-state index in [-0.39, 0.29) is 12.3 Å². The Morgan fingerprint density at radius 1 is 1.56 bits per heavy atom. The van der Waals surface area contributed by atoms with Crippen molar-refractivity contribution in [1.82, 2.24) is 4.57 Å². The van der Waals surface area contributed by atoms with Gasteiger partial charge in [-0.3, -0.25) is 4.79 Å². The van der Waals surface area contributed by atoms with E-state index in [4.69, 9.17) is 16.9 Å². The number of nitrogens with zero attached hydrogens (tertiary/aromatic N) is 2. The second-order valence-corrected chi connectivity index (χ2v) is 3.98. The summed E-state index contributed by atoms with van der Waals surface area (Å²) in [6, 6.07) is 7.37. The van der Waals surface area contributed by atoms with Crippen molar-refractivity contribution in [2.75, 3.05) is 0 Å². The van der Waals surface area contributed by atoms with E-state index in [2.05, 4.69) is 6.07 Å². The number of carbonyl (C=O) groups excluding carboxylic acids is 1. The number of hydrogen-bond acceptors (Lipinski definition) is 2. The molecular weight excluding hydrogens is 224 g/mol. The third kappa shape index (κ3) is 1.68. The van der Waals surface area contributed by atoms with Crippen LogP contribution in [0, 0.1) is 11.3 Å². The highest BCUT2D eigenvalue weighted by Crippen LogP contribution is 2.25. The summed E-state index contributed by atoms with van der Waals surface area (Å²) in [5.41, 5.74) is 1.45. The summed E-state index contributed by atoms with van der Waals surface area (Å²) in [6.07, 6.45) is 1.70. The number of carbonyl (C=O) groups is 1. The van der Waals surface area contributed by atoms with Crippen LogP contribution in [0.1, 0.15) is 17.3 Å². The van der Waals surface area contributed by atoms with Crippen molar-refractivity contribution in [3.05, 3.63) is 35.0 Å². The van der Waals surface area contributed by atoms with Gasteiger partial charge in [0.05, 0.1) is 11.6 Å². The van der Waals surface area contributed by atoms with Crippen LogP contribution in [-0.2, 0) is 6.54 Å². The molecule has 0 N–H and O–H groups in total. The Balaban J connectivity index is 2.77. The van der Waals surface area contributed by atoms with Crippen molar-refractivity contribution in [2.24, 2.45) is 0 Å². The van der Waals surface area contributed by atoms with Crippen molar-refractivity contribution in [3.63, 3.8) is 0 Å². The van der Waals surface area contributed by atoms with Crippen molar-refractivity contribution < 1.29 is 4.79 Å². The minimum atomic E-state index is -0.0102. The van der Waals surface area contributed by atoms with Gasteiger partial charge in [0.1, 0.15) is 6.54 Å². The number of hydrogen-bond donors (Lipinski definition) is 0. The van der Waals surface area contributed by atoms with Crippen LogP contribution in [0.15, 0.2) is 24.4 Å². The van der Waals surface area contributed by atoms with Gasteiger partial charge in [-0.2, -0.15) is 5.26 Å². The Kier molecular flexibility index (Phi) is 2.67. The van der Waals surface area contributed by atoms with E-state index < -0.39 is 0 Å². The molecule has 1 aromatic heterocycles. The fraction of sp³-hybridized carbons (Fsp3) is 0.167. The molecule has 0 saturated carbocycles. The van der Waals surface area contributed by atoms with Crippen molar-refractivity contribution in [1.29, 1.82) is 5.26 Å². The number of rotatable bonds is 2. The monoisotopic (exact) mass is 232 g/mol. The molecule has 0 bridgehead atoms. The maximum absolute atomic E-state index is 11.4. The first-order valence-electron chi connectivity index (χ1n) is 4.80. The molecule has 3 nitrogen and oxygen atoms in total. The SMILES string of the molecule is CC(=O)c1cn(CC#N)c2cc(Cl)ccc12. The van der Waals surface area contributed by atoms with E-state index in [1.54, 1.807) is 22.9 Å². The molecule has 0 radical (unpaired) electrons. The van der Waals surface area contributed by atoms with Gasteiger partial charge < -0.3 is 4.57 Å². The highest BCUT2D eigenvalue weighted by Gasteiger charge is 2.11. The van der Waals surface area contributed by atoms with E-state index in [9.17, 15) is 4.79 Å². The lowest BCUT2D eigenvalue weighted by Gasteiger charge is -1.98. The van der Waals surface area contributed by atoms with Gasteiger partial charge in [0, 0.05) is 22.2 Å². The van der Waals surface area contributed by atoms with Gasteiger partial charge in [-0.1, -0.05) is 17.7 Å². The van der Waals surface area contributed by atoms with Crippen LogP contribution in [0.4, 0.5) is 0 Å². The van der Waals surface area contributed by atoms with Gasteiger partial charge in [0.2, 0.25) is 0 Å². The molecule has 16 heavy (non-hydrogen) atoms. The molecule has 0 amide bonds. The Hall–Kier alpha value is -1.79. The summed E-state index contributed by atoms with van der Waals surface area (Å²) < 4.78 is 1.73. The van der Waals surface area contributed by atoms with E-state index >= 15 is 0 Å². The molecule has 4 heteroatoms. The van der Waals surface area contributed by atoms with Gasteiger partial charge in [0.25, 0.3) is 0 Å². The predicted octanol–water partition coefficient (Wildman–Crippen LogP) is 3.02. The molecule has 0 aliphatic heterocycles. The summed E-state index contributed by atoms with van der Waals surface area (Å²) in [5.74, 6) is -0.0102. The maximum atomic E-state index is 11.4. The smallest absolute Gasteiger partial charge is 0.161 e. The normalized spacial score (nSPS) is 10.3. The molecule has 0 spiro atoms. The average Bonchev–Trinajstić information content (AvgIpc) is 2.58. The molecule has 0 fully saturated rings. The minimum Gasteiger partial charge on any atom is -0.333 e. The molecule has 2 rings (SSSR count). The molecule has 0 unspecified atom stereocenters. The summed E-state index contributed by atoms with van der Waals surface area (Å²) in [7, 11) is 0. The van der Waals surface area contributed by atoms with Crippen LogP contribution in [0.5, 0.6) is 0 Å². The highest BCUT2D eigenvalue weighted by atomic mass is 35.5. The Morgan fingerprint density at radius 2 is 2.31 bits per heavy atom. The van der Waals surface area contributed by atoms with Crippen molar-refractivity contribution in [3.8, 4) is 6.07 Å². The molecule has 0 aliphatic carbocycles. The van der Waals surface area contributed by atoms with Crippen LogP contribution in [0.25, 0.3) is 10.9 Å². The molecule has 2 aromatic rings. The van der Waals surface area contributed by atoms with Gasteiger partial charge >= 0.3 is 0 Å². The fourth-order valence-corrected chi connectivity index (χ4v) is 1.92. The van der Waals surface area contributed by atoms with Gasteiger partial charge in [-0.25, -0.2) is 0 Å². The van der Waals surface area contributed by atoms with E-state index in [0.717, 1.165) is 10.9 Å². The molecule has 0 atom stereocenters. The number of benzene rings is 1. The van der Waals surface area contributed by atoms with E-state index in [1.807, 2.05) is 6.07 Å². The molecule has 0 aliphatic rings. The van der Waals surface area contributed by atoms with Crippen LogP contribution in [0.2, 0.25) is 5.02 Å². The van der Waals surface area contributed by atoms with E-state index in [0.29, 0.717) is 10.6 Å². The standard InChI is InChI=1S/C12H9ClN2O/c1-8(16)11-7-15(5-4-14)12-6-9(13)2-3-10(11)12/h2-3,6-7H,5H2,1H3. The van der Waals surface area contributed by atoms with Crippen LogP contribution in [-0.4, -0.2) is 10.4 Å². The topological polar surface area (TPSA) is 45.8 Å². The van der Waals surface area contributed by atoms with Gasteiger partial charge in [-0.05, 0) is 19.1 Å². The Bertz CT molecular complexity index is 607. The number of halogens is 1. The number of ketones is 1. The zero-order valence-corrected chi connectivity index (χ0v) is 9.45. The van der Waals surface area contributed by atoms with Crippen LogP contribution >= 0.6 is 11.6 Å². The predicted molar refractivity (Wildman–Crippen MR) is 62.6 cm³/mol. The first kappa shape index (κ1) is 10.7. The minimum absolute atomic E-state index is 0.0102. The van der Waals surface area contributed by atoms with Gasteiger partial charge in [0.15, 0.2) is 5.78 Å². The maximum Gasteiger partial charge on any atom is 0.161 e. The Labute approximate surface area is 97.8 Å². The number of Topliss-reactive ketones (excluding diaryl/α,β-unsaturated/α-hetero) is 1. The lowest BCUT2D eigenvalue weighted by atomic mass is 10.1. The molecule has 80 valence electrons. The molecule has 1 heterocycles. The zero-order chi connectivity index (χ0) is 11.7. The summed E-state index contributed by atoms with van der Waals surface area (Å²) >= 11 is 5.90. The molecular formula is C12H9ClN2O. The summed E-state index contributed by atoms with van der Waals surface area (Å²) in [6.45, 7) is 1.73. The highest BCUT2D eigenvalue weighted by molar-refractivity contribution is 6.31. The number of aromatic nitrogens is 1. The number of nitriles is 1. The van der Waals surface area contributed by atoms with Crippen molar-refractivity contribution in [2.45, 2.75) is 13.5 Å². The third-order valence-corrected chi connectivity index (χ3v) is 2.70. The Morgan fingerprint density at radius 3 is 2.94 bits per heavy atom. The molecule has 1 aromatic carbocycles. The average molecular weight is 233 g/mol. The fourth-order valence-electron chi connectivity index (χ4n) is 1.75. The lowest BCUT2D eigenvalue weighted by molar-refractivity contribution is 0.101. The summed E-state index contributed by atoms with van der Waals surface area (Å²) in [4.78, 5) is 11.4. The second kappa shape index (κ2) is 3.99. The molecule has 0 saturated heterocycles. The first-order chi connectivity index (χ1) is 7.63. The quantitative estimate of drug-likeness (QED) is 0.748. The largest absolute Gasteiger partial charge is 0.333 e. The lowest BCUT2D eigenvalue weighted by Crippen LogP contribution is -1.93. The van der Waals surface area contributed by atoms with Gasteiger partial charge in [-0.15, -0.1) is 0 Å². The van der Waals surface area contributed by atoms with E-state index in [1.165, 1.54) is 6.92 Å². The third-order valence-electron chi connectivity index (χ3n) is 2.46. The number of fused-ring (bicyclic) bond motifs is 1. The zero-order valence-electron chi connectivity index (χ0n) is 8.70. The van der Waals surface area contributed by atoms with Crippen LogP contribution in [0.3, 0.4) is 0 Å².